The molecule has 0 radical (unpaired) electrons. The third-order valence-corrected chi connectivity index (χ3v) is 4.72. The van der Waals surface area contributed by atoms with E-state index in [9.17, 15) is 0 Å². The number of hydrogen-bond acceptors (Lipinski definition) is 1. The molecule has 1 aliphatic rings. The molecule has 3 rings (SSSR count). The van der Waals surface area contributed by atoms with Gasteiger partial charge in [-0.15, -0.1) is 0 Å². The van der Waals surface area contributed by atoms with E-state index in [1.807, 2.05) is 0 Å². The Balaban J connectivity index is 2.00. The Labute approximate surface area is 129 Å². The molecule has 0 aliphatic carbocycles. The molecular weight excluding hydrogens is 282 g/mol. The van der Waals surface area contributed by atoms with E-state index in [4.69, 9.17) is 0 Å². The summed E-state index contributed by atoms with van der Waals surface area (Å²) in [5, 5.41) is 0. The van der Waals surface area contributed by atoms with Gasteiger partial charge in [0.15, 0.2) is 0 Å². The van der Waals surface area contributed by atoms with E-state index in [0.29, 0.717) is 18.0 Å². The van der Waals surface area contributed by atoms with Crippen LogP contribution in [0.25, 0.3) is 0 Å². The molecule has 2 aromatic rings. The molecule has 1 aliphatic heterocycles. The molecule has 2 aromatic carbocycles. The van der Waals surface area contributed by atoms with Crippen molar-refractivity contribution in [3.8, 4) is 0 Å². The van der Waals surface area contributed by atoms with Crippen LogP contribution in [0.15, 0.2) is 60.7 Å². The summed E-state index contributed by atoms with van der Waals surface area (Å²) in [5.41, 5.74) is 2.79. The molecule has 0 aromatic heterocycles. The van der Waals surface area contributed by atoms with Crippen molar-refractivity contribution >= 4 is 4.50 Å². The van der Waals surface area contributed by atoms with Crippen LogP contribution in [0.5, 0.6) is 0 Å². The van der Waals surface area contributed by atoms with Crippen molar-refractivity contribution in [2.24, 2.45) is 0 Å². The summed E-state index contributed by atoms with van der Waals surface area (Å²) in [6.45, 7) is 4.52. The number of benzene rings is 2. The van der Waals surface area contributed by atoms with Gasteiger partial charge < -0.3 is 0 Å². The van der Waals surface area contributed by atoms with Crippen molar-refractivity contribution in [1.29, 1.82) is 0 Å². The van der Waals surface area contributed by atoms with Crippen molar-refractivity contribution in [3.05, 3.63) is 71.8 Å². The average molecular weight is 301 g/mol. The van der Waals surface area contributed by atoms with Gasteiger partial charge in [-0.3, -0.25) is 0 Å². The standard InChI is InChI=1S/C18H19N.Cr/c1-14(2)19-13-17(15-9-5-3-6-10-15)18(19)16-11-7-4-8-12-16;/h3-12,14,17-18H,1-2H3;/t17-,18+;/m0./s1. The average Bonchev–Trinajstić information content (AvgIpc) is 2.46. The fourth-order valence-corrected chi connectivity index (χ4v) is 4.00. The van der Waals surface area contributed by atoms with Crippen LogP contribution in [0.2, 0.25) is 0 Å². The second kappa shape index (κ2) is 5.66. The molecule has 0 N–H and O–H groups in total. The third-order valence-electron chi connectivity index (χ3n) is 3.99. The minimum absolute atomic E-state index is 0.440. The van der Waals surface area contributed by atoms with Crippen molar-refractivity contribution < 1.29 is 15.9 Å². The van der Waals surface area contributed by atoms with Gasteiger partial charge in [-0.2, -0.15) is 0 Å². The maximum atomic E-state index is 3.30. The first-order chi connectivity index (χ1) is 9.70. The number of nitrogens with zero attached hydrogens (tertiary/aromatic N) is 1. The van der Waals surface area contributed by atoms with Crippen LogP contribution in [0.1, 0.15) is 36.9 Å². The first-order valence-electron chi connectivity index (χ1n) is 7.12. The van der Waals surface area contributed by atoms with Gasteiger partial charge in [0.1, 0.15) is 0 Å². The molecule has 0 bridgehead atoms. The Morgan fingerprint density at radius 1 is 0.850 bits per heavy atom. The fourth-order valence-electron chi connectivity index (χ4n) is 3.08. The second-order valence-electron chi connectivity index (χ2n) is 5.58. The van der Waals surface area contributed by atoms with Gasteiger partial charge in [-0.25, -0.2) is 0 Å². The summed E-state index contributed by atoms with van der Waals surface area (Å²) in [6.07, 6.45) is 0. The van der Waals surface area contributed by atoms with Gasteiger partial charge in [-0.05, 0) is 0 Å². The molecule has 0 saturated carbocycles. The quantitative estimate of drug-likeness (QED) is 0.831. The Bertz CT molecular complexity index is 591. The van der Waals surface area contributed by atoms with E-state index in [2.05, 4.69) is 95.3 Å². The summed E-state index contributed by atoms with van der Waals surface area (Å²) in [5.74, 6) is 0.459. The van der Waals surface area contributed by atoms with E-state index >= 15 is 0 Å². The van der Waals surface area contributed by atoms with Crippen LogP contribution in [-0.2, 0) is 15.9 Å². The van der Waals surface area contributed by atoms with Crippen molar-refractivity contribution in [3.63, 3.8) is 0 Å². The zero-order valence-electron chi connectivity index (χ0n) is 11.9. The summed E-state index contributed by atoms with van der Waals surface area (Å²) < 4.78 is 1.36. The van der Waals surface area contributed by atoms with Gasteiger partial charge in [-0.1, -0.05) is 0 Å². The van der Waals surface area contributed by atoms with Crippen LogP contribution in [0, 0.1) is 0 Å². The molecule has 1 fully saturated rings. The van der Waals surface area contributed by atoms with E-state index in [-0.39, 0.29) is 0 Å². The van der Waals surface area contributed by atoms with Crippen molar-refractivity contribution in [2.45, 2.75) is 31.8 Å². The van der Waals surface area contributed by atoms with E-state index in [1.54, 1.807) is 0 Å². The van der Waals surface area contributed by atoms with Gasteiger partial charge in [0.2, 0.25) is 0 Å². The zero-order chi connectivity index (χ0) is 14.1. The topological polar surface area (TPSA) is 3.24 Å². The Morgan fingerprint density at radius 2 is 1.35 bits per heavy atom. The predicted molar refractivity (Wildman–Crippen MR) is 80.3 cm³/mol. The SMILES string of the molecule is CC(C)N1[C](=[Cr])[C@@H](c2ccccc2)[C@H]1c1ccccc1. The molecule has 0 amide bonds. The summed E-state index contributed by atoms with van der Waals surface area (Å²) in [4.78, 5) is 2.49. The van der Waals surface area contributed by atoms with E-state index in [1.165, 1.54) is 15.6 Å². The summed E-state index contributed by atoms with van der Waals surface area (Å²) in [7, 11) is 0. The summed E-state index contributed by atoms with van der Waals surface area (Å²) >= 11 is 3.30. The molecule has 2 heteroatoms. The van der Waals surface area contributed by atoms with Gasteiger partial charge in [0.05, 0.1) is 0 Å². The minimum atomic E-state index is 0.440. The molecule has 0 spiro atoms. The Hall–Kier alpha value is -1.20. The first kappa shape index (κ1) is 13.8. The van der Waals surface area contributed by atoms with Crippen LogP contribution >= 0.6 is 0 Å². The normalized spacial score (nSPS) is 22.9. The van der Waals surface area contributed by atoms with Crippen LogP contribution in [0.3, 0.4) is 0 Å². The molecule has 1 nitrogen and oxygen atoms in total. The second-order valence-corrected chi connectivity index (χ2v) is 6.24. The molecule has 102 valence electrons. The number of likely N-dealkylation sites (tertiary alicyclic amines) is 1. The van der Waals surface area contributed by atoms with Crippen LogP contribution < -0.4 is 0 Å². The molecule has 1 saturated heterocycles. The van der Waals surface area contributed by atoms with Crippen LogP contribution in [0.4, 0.5) is 0 Å². The first-order valence-corrected chi connectivity index (χ1v) is 7.76. The summed E-state index contributed by atoms with van der Waals surface area (Å²) in [6, 6.07) is 22.6. The zero-order valence-corrected chi connectivity index (χ0v) is 13.1. The van der Waals surface area contributed by atoms with Gasteiger partial charge in [0, 0.05) is 0 Å². The monoisotopic (exact) mass is 301 g/mol. The van der Waals surface area contributed by atoms with E-state index in [0.717, 1.165) is 0 Å². The molecule has 2 atom stereocenters. The number of hydrogen-bond donors (Lipinski definition) is 0. The molecular formula is C18H19CrN. The Morgan fingerprint density at radius 3 is 1.85 bits per heavy atom. The molecule has 20 heavy (non-hydrogen) atoms. The predicted octanol–water partition coefficient (Wildman–Crippen LogP) is 3.91. The van der Waals surface area contributed by atoms with Crippen LogP contribution in [-0.4, -0.2) is 15.4 Å². The third kappa shape index (κ3) is 2.29. The van der Waals surface area contributed by atoms with Gasteiger partial charge >= 0.3 is 129 Å². The van der Waals surface area contributed by atoms with Crippen molar-refractivity contribution in [2.75, 3.05) is 0 Å². The number of rotatable bonds is 3. The fraction of sp³-hybridized carbons (Fsp3) is 0.278. The Kier molecular flexibility index (Phi) is 3.90. The van der Waals surface area contributed by atoms with E-state index < -0.39 is 0 Å². The maximum absolute atomic E-state index is 3.30. The molecule has 1 heterocycles. The van der Waals surface area contributed by atoms with Gasteiger partial charge in [0.25, 0.3) is 0 Å². The molecule has 0 unspecified atom stereocenters. The van der Waals surface area contributed by atoms with Crippen molar-refractivity contribution in [1.82, 2.24) is 4.90 Å².